The van der Waals surface area contributed by atoms with Gasteiger partial charge in [-0.1, -0.05) is 0 Å². The molecule has 2 aliphatic rings. The zero-order chi connectivity index (χ0) is 14.3. The van der Waals surface area contributed by atoms with Gasteiger partial charge in [0.25, 0.3) is 0 Å². The average molecular weight is 275 g/mol. The molecule has 0 spiro atoms. The summed E-state index contributed by atoms with van der Waals surface area (Å²) in [6.45, 7) is 0.325. The highest BCUT2D eigenvalue weighted by Crippen LogP contribution is 2.38. The van der Waals surface area contributed by atoms with Crippen molar-refractivity contribution in [3.8, 4) is 0 Å². The Morgan fingerprint density at radius 1 is 1.50 bits per heavy atom. The Balaban J connectivity index is 1.73. The fraction of sp³-hybridized carbons (Fsp3) is 0.429. The molecule has 1 aliphatic carbocycles. The lowest BCUT2D eigenvalue weighted by Gasteiger charge is -2.27. The Kier molecular flexibility index (Phi) is 2.90. The zero-order valence-electron chi connectivity index (χ0n) is 11.3. The van der Waals surface area contributed by atoms with Crippen molar-refractivity contribution in [3.63, 3.8) is 0 Å². The number of amides is 2. The molecule has 0 atom stereocenters. The SMILES string of the molecule is CN1CC(=O)Nc2cc(NC(=O)CC3(O)CC3)ccc21. The second-order valence-electron chi connectivity index (χ2n) is 5.59. The average Bonchev–Trinajstić information content (AvgIpc) is 3.05. The molecule has 1 fully saturated rings. The van der Waals surface area contributed by atoms with Crippen LogP contribution in [0.3, 0.4) is 0 Å². The number of fused-ring (bicyclic) bond motifs is 1. The Morgan fingerprint density at radius 2 is 2.25 bits per heavy atom. The van der Waals surface area contributed by atoms with Crippen molar-refractivity contribution in [1.82, 2.24) is 0 Å². The van der Waals surface area contributed by atoms with Gasteiger partial charge < -0.3 is 20.6 Å². The Hall–Kier alpha value is -2.08. The molecule has 0 bridgehead atoms. The van der Waals surface area contributed by atoms with Crippen molar-refractivity contribution >= 4 is 28.9 Å². The molecule has 20 heavy (non-hydrogen) atoms. The molecular weight excluding hydrogens is 258 g/mol. The maximum Gasteiger partial charge on any atom is 0.243 e. The van der Waals surface area contributed by atoms with E-state index in [2.05, 4.69) is 10.6 Å². The number of nitrogens with zero attached hydrogens (tertiary/aromatic N) is 1. The van der Waals surface area contributed by atoms with E-state index in [1.54, 1.807) is 12.1 Å². The van der Waals surface area contributed by atoms with Crippen molar-refractivity contribution in [1.29, 1.82) is 0 Å². The molecule has 1 heterocycles. The number of carbonyl (C=O) groups is 2. The van der Waals surface area contributed by atoms with Gasteiger partial charge in [-0.3, -0.25) is 9.59 Å². The van der Waals surface area contributed by atoms with E-state index in [0.29, 0.717) is 30.8 Å². The zero-order valence-corrected chi connectivity index (χ0v) is 11.3. The highest BCUT2D eigenvalue weighted by atomic mass is 16.3. The van der Waals surface area contributed by atoms with Gasteiger partial charge in [-0.05, 0) is 31.0 Å². The van der Waals surface area contributed by atoms with Crippen LogP contribution < -0.4 is 15.5 Å². The van der Waals surface area contributed by atoms with Gasteiger partial charge in [0.1, 0.15) is 0 Å². The molecule has 2 amide bonds. The third kappa shape index (κ3) is 2.60. The summed E-state index contributed by atoms with van der Waals surface area (Å²) in [4.78, 5) is 25.1. The van der Waals surface area contributed by atoms with Crippen molar-refractivity contribution in [2.24, 2.45) is 0 Å². The summed E-state index contributed by atoms with van der Waals surface area (Å²) in [5, 5.41) is 15.2. The van der Waals surface area contributed by atoms with Crippen LogP contribution >= 0.6 is 0 Å². The first-order valence-corrected chi connectivity index (χ1v) is 6.62. The number of likely N-dealkylation sites (N-methyl/N-ethyl adjacent to an activating group) is 1. The third-order valence-corrected chi connectivity index (χ3v) is 3.66. The second-order valence-corrected chi connectivity index (χ2v) is 5.59. The highest BCUT2D eigenvalue weighted by Gasteiger charge is 2.42. The molecule has 0 radical (unpaired) electrons. The smallest absolute Gasteiger partial charge is 0.243 e. The summed E-state index contributed by atoms with van der Waals surface area (Å²) in [6, 6.07) is 5.38. The molecule has 1 aliphatic heterocycles. The largest absolute Gasteiger partial charge is 0.389 e. The van der Waals surface area contributed by atoms with Crippen LogP contribution in [0.4, 0.5) is 17.1 Å². The van der Waals surface area contributed by atoms with E-state index in [1.807, 2.05) is 18.0 Å². The molecule has 3 rings (SSSR count). The monoisotopic (exact) mass is 275 g/mol. The van der Waals surface area contributed by atoms with Crippen molar-refractivity contribution in [3.05, 3.63) is 18.2 Å². The first kappa shape index (κ1) is 12.9. The third-order valence-electron chi connectivity index (χ3n) is 3.66. The number of benzene rings is 1. The molecule has 6 nitrogen and oxygen atoms in total. The number of anilines is 3. The molecule has 0 saturated heterocycles. The number of nitrogens with one attached hydrogen (secondary N) is 2. The molecular formula is C14H17N3O3. The molecule has 1 aromatic carbocycles. The predicted molar refractivity (Wildman–Crippen MR) is 75.8 cm³/mol. The van der Waals surface area contributed by atoms with E-state index in [0.717, 1.165) is 5.69 Å². The fourth-order valence-corrected chi connectivity index (χ4v) is 2.36. The van der Waals surface area contributed by atoms with E-state index >= 15 is 0 Å². The minimum absolute atomic E-state index is 0.0734. The fourth-order valence-electron chi connectivity index (χ4n) is 2.36. The lowest BCUT2D eigenvalue weighted by molar-refractivity contribution is -0.118. The van der Waals surface area contributed by atoms with E-state index in [4.69, 9.17) is 0 Å². The summed E-state index contributed by atoms with van der Waals surface area (Å²) < 4.78 is 0. The van der Waals surface area contributed by atoms with Crippen molar-refractivity contribution in [2.45, 2.75) is 24.9 Å². The normalized spacial score (nSPS) is 19.1. The number of carbonyl (C=O) groups excluding carboxylic acids is 2. The summed E-state index contributed by atoms with van der Waals surface area (Å²) in [7, 11) is 1.85. The topological polar surface area (TPSA) is 81.7 Å². The summed E-state index contributed by atoms with van der Waals surface area (Å²) in [5.41, 5.74) is 1.43. The second kappa shape index (κ2) is 4.49. The van der Waals surface area contributed by atoms with Gasteiger partial charge in [0.2, 0.25) is 11.8 Å². The van der Waals surface area contributed by atoms with Crippen LogP contribution in [0, 0.1) is 0 Å². The van der Waals surface area contributed by atoms with Crippen LogP contribution in [0.2, 0.25) is 0 Å². The van der Waals surface area contributed by atoms with Gasteiger partial charge in [-0.2, -0.15) is 0 Å². The molecule has 1 aromatic rings. The molecule has 0 aromatic heterocycles. The molecule has 6 heteroatoms. The maximum absolute atomic E-state index is 11.8. The van der Waals surface area contributed by atoms with E-state index in [1.165, 1.54) is 0 Å². The van der Waals surface area contributed by atoms with Gasteiger partial charge in [-0.25, -0.2) is 0 Å². The first-order valence-electron chi connectivity index (χ1n) is 6.62. The van der Waals surface area contributed by atoms with Crippen LogP contribution in [0.25, 0.3) is 0 Å². The first-order chi connectivity index (χ1) is 9.45. The van der Waals surface area contributed by atoms with Gasteiger partial charge >= 0.3 is 0 Å². The summed E-state index contributed by atoms with van der Waals surface area (Å²) >= 11 is 0. The van der Waals surface area contributed by atoms with Gasteiger partial charge in [-0.15, -0.1) is 0 Å². The van der Waals surface area contributed by atoms with Crippen LogP contribution in [0.1, 0.15) is 19.3 Å². The Morgan fingerprint density at radius 3 is 2.95 bits per heavy atom. The van der Waals surface area contributed by atoms with Gasteiger partial charge in [0.15, 0.2) is 0 Å². The van der Waals surface area contributed by atoms with Gasteiger partial charge in [0.05, 0.1) is 29.9 Å². The lowest BCUT2D eigenvalue weighted by atomic mass is 10.1. The number of hydrogen-bond donors (Lipinski definition) is 3. The number of hydrogen-bond acceptors (Lipinski definition) is 4. The highest BCUT2D eigenvalue weighted by molar-refractivity contribution is 6.02. The van der Waals surface area contributed by atoms with Crippen molar-refractivity contribution in [2.75, 3.05) is 29.1 Å². The number of rotatable bonds is 3. The lowest BCUT2D eigenvalue weighted by Crippen LogP contribution is -2.35. The molecule has 106 valence electrons. The molecule has 3 N–H and O–H groups in total. The van der Waals surface area contributed by atoms with Gasteiger partial charge in [0, 0.05) is 12.7 Å². The van der Waals surface area contributed by atoms with E-state index < -0.39 is 5.60 Å². The van der Waals surface area contributed by atoms with Crippen LogP contribution in [-0.4, -0.2) is 36.1 Å². The standard InChI is InChI=1S/C14H17N3O3/c1-17-8-13(19)16-10-6-9(2-3-11(10)17)15-12(18)7-14(20)4-5-14/h2-3,6,20H,4-5,7-8H2,1H3,(H,15,18)(H,16,19). The minimum atomic E-state index is -0.799. The molecule has 0 unspecified atom stereocenters. The number of aliphatic hydroxyl groups is 1. The van der Waals surface area contributed by atoms with E-state index in [9.17, 15) is 14.7 Å². The predicted octanol–water partition coefficient (Wildman–Crippen LogP) is 0.928. The summed E-state index contributed by atoms with van der Waals surface area (Å²) in [6.07, 6.45) is 1.49. The van der Waals surface area contributed by atoms with E-state index in [-0.39, 0.29) is 18.2 Å². The van der Waals surface area contributed by atoms with Crippen molar-refractivity contribution < 1.29 is 14.7 Å². The maximum atomic E-state index is 11.8. The minimum Gasteiger partial charge on any atom is -0.389 e. The Bertz CT molecular complexity index is 581. The summed E-state index contributed by atoms with van der Waals surface area (Å²) in [5.74, 6) is -0.281. The molecule has 1 saturated carbocycles. The van der Waals surface area contributed by atoms with Crippen LogP contribution in [0.15, 0.2) is 18.2 Å². The van der Waals surface area contributed by atoms with Crippen LogP contribution in [0.5, 0.6) is 0 Å². The van der Waals surface area contributed by atoms with Crippen LogP contribution in [-0.2, 0) is 9.59 Å². The Labute approximate surface area is 116 Å². The quantitative estimate of drug-likeness (QED) is 0.766.